The minimum atomic E-state index is -0.201. The van der Waals surface area contributed by atoms with E-state index in [2.05, 4.69) is 21.9 Å². The van der Waals surface area contributed by atoms with Gasteiger partial charge < -0.3 is 0 Å². The largest absolute Gasteiger partial charge is 0.297 e. The number of aromatic nitrogens is 6. The lowest BCUT2D eigenvalue weighted by Gasteiger charge is -2.12. The van der Waals surface area contributed by atoms with Gasteiger partial charge in [0.1, 0.15) is 5.69 Å². The zero-order valence-electron chi connectivity index (χ0n) is 15.6. The number of hydrogen-bond donors (Lipinski definition) is 0. The minimum absolute atomic E-state index is 0.201. The first kappa shape index (κ1) is 17.1. The molecule has 0 radical (unpaired) electrons. The Bertz CT molecular complexity index is 1330. The van der Waals surface area contributed by atoms with E-state index < -0.39 is 0 Å². The van der Waals surface area contributed by atoms with Gasteiger partial charge in [-0.3, -0.25) is 9.48 Å². The van der Waals surface area contributed by atoms with Crippen molar-refractivity contribution in [1.82, 2.24) is 29.3 Å². The Hall–Kier alpha value is -4.00. The molecule has 5 rings (SSSR count). The van der Waals surface area contributed by atoms with Crippen molar-refractivity contribution < 1.29 is 0 Å². The molecule has 0 fully saturated rings. The Labute approximate surface area is 166 Å². The summed E-state index contributed by atoms with van der Waals surface area (Å²) in [6.45, 7) is 4.60. The minimum Gasteiger partial charge on any atom is -0.265 e. The quantitative estimate of drug-likeness (QED) is 0.438. The topological polar surface area (TPSA) is 70.5 Å². The first-order chi connectivity index (χ1) is 14.2. The van der Waals surface area contributed by atoms with Gasteiger partial charge in [-0.1, -0.05) is 36.4 Å². The Morgan fingerprint density at radius 3 is 2.48 bits per heavy atom. The summed E-state index contributed by atoms with van der Waals surface area (Å²) >= 11 is 0. The fourth-order valence-corrected chi connectivity index (χ4v) is 3.50. The second-order valence-electron chi connectivity index (χ2n) is 6.77. The van der Waals surface area contributed by atoms with Crippen LogP contribution in [0.25, 0.3) is 28.0 Å². The van der Waals surface area contributed by atoms with Crippen LogP contribution in [0.1, 0.15) is 5.56 Å². The van der Waals surface area contributed by atoms with Crippen LogP contribution in [0.4, 0.5) is 0 Å². The van der Waals surface area contributed by atoms with Crippen molar-refractivity contribution in [1.29, 1.82) is 0 Å². The fourth-order valence-electron chi connectivity index (χ4n) is 3.50. The molecule has 0 unspecified atom stereocenters. The maximum absolute atomic E-state index is 12.7. The van der Waals surface area contributed by atoms with Crippen LogP contribution in [0.2, 0.25) is 0 Å². The zero-order valence-corrected chi connectivity index (χ0v) is 15.6. The van der Waals surface area contributed by atoms with Crippen molar-refractivity contribution in [3.63, 3.8) is 0 Å². The second kappa shape index (κ2) is 6.87. The number of benzene rings is 2. The smallest absolute Gasteiger partial charge is 0.265 e. The van der Waals surface area contributed by atoms with E-state index in [0.29, 0.717) is 24.5 Å². The number of para-hydroxylation sites is 1. The van der Waals surface area contributed by atoms with Gasteiger partial charge in [0.15, 0.2) is 5.69 Å². The zero-order chi connectivity index (χ0) is 19.8. The van der Waals surface area contributed by atoms with E-state index in [9.17, 15) is 4.79 Å². The molecular weight excluding hydrogens is 364 g/mol. The maximum atomic E-state index is 12.7. The molecule has 3 heterocycles. The van der Waals surface area contributed by atoms with Crippen LogP contribution in [0.3, 0.4) is 0 Å². The molecule has 0 saturated carbocycles. The van der Waals surface area contributed by atoms with Gasteiger partial charge >= 0.3 is 0 Å². The third-order valence-corrected chi connectivity index (χ3v) is 4.88. The lowest BCUT2D eigenvalue weighted by atomic mass is 10.1. The summed E-state index contributed by atoms with van der Waals surface area (Å²) in [6, 6.07) is 17.9. The summed E-state index contributed by atoms with van der Waals surface area (Å²) in [4.78, 5) is 12.7. The first-order valence-corrected chi connectivity index (χ1v) is 9.31. The van der Waals surface area contributed by atoms with Crippen LogP contribution in [0, 0.1) is 0 Å². The second-order valence-corrected chi connectivity index (χ2v) is 6.77. The Morgan fingerprint density at radius 2 is 1.72 bits per heavy atom. The third-order valence-electron chi connectivity index (χ3n) is 4.88. The highest BCUT2D eigenvalue weighted by Crippen LogP contribution is 2.25. The molecule has 0 spiro atoms. The van der Waals surface area contributed by atoms with Crippen molar-refractivity contribution in [2.45, 2.75) is 13.1 Å². The van der Waals surface area contributed by atoms with Crippen LogP contribution >= 0.6 is 0 Å². The molecule has 1 aromatic heterocycles. The SMILES string of the molecule is C=CCn1nc2c3ccccc3n(Cc3ccc(-n4cccn4)cc3)nc-2c1=O. The van der Waals surface area contributed by atoms with Crippen molar-refractivity contribution in [2.24, 2.45) is 0 Å². The Kier molecular flexibility index (Phi) is 4.05. The van der Waals surface area contributed by atoms with E-state index in [0.717, 1.165) is 22.2 Å². The molecule has 2 aliphatic heterocycles. The molecule has 0 atom stereocenters. The Balaban J connectivity index is 1.60. The number of nitrogens with zero attached hydrogens (tertiary/aromatic N) is 6. The molecule has 29 heavy (non-hydrogen) atoms. The standard InChI is InChI=1S/C22H18N6O/c1-2-13-27-22(29)21-20(24-27)18-6-3-4-7-19(18)28(25-21)15-16-8-10-17(11-9-16)26-14-5-12-23-26/h2-12,14H,1,13,15H2. The van der Waals surface area contributed by atoms with Gasteiger partial charge in [0, 0.05) is 17.8 Å². The van der Waals surface area contributed by atoms with Crippen LogP contribution in [-0.2, 0) is 13.1 Å². The van der Waals surface area contributed by atoms with Gasteiger partial charge in [-0.2, -0.15) is 15.3 Å². The normalized spacial score (nSPS) is 11.3. The summed E-state index contributed by atoms with van der Waals surface area (Å²) in [5.74, 6) is 0. The summed E-state index contributed by atoms with van der Waals surface area (Å²) in [5.41, 5.74) is 3.79. The monoisotopic (exact) mass is 382 g/mol. The van der Waals surface area contributed by atoms with Crippen LogP contribution in [0.15, 0.2) is 84.4 Å². The lowest BCUT2D eigenvalue weighted by Crippen LogP contribution is -2.18. The van der Waals surface area contributed by atoms with Gasteiger partial charge in [0.25, 0.3) is 5.56 Å². The molecule has 2 aliphatic rings. The molecule has 0 bridgehead atoms. The van der Waals surface area contributed by atoms with Crippen LogP contribution in [0.5, 0.6) is 0 Å². The van der Waals surface area contributed by atoms with Gasteiger partial charge in [-0.15, -0.1) is 6.58 Å². The predicted molar refractivity (Wildman–Crippen MR) is 111 cm³/mol. The number of allylic oxidation sites excluding steroid dienone is 1. The molecule has 7 heteroatoms. The van der Waals surface area contributed by atoms with Crippen molar-refractivity contribution in [3.8, 4) is 17.1 Å². The number of fused-ring (bicyclic) bond motifs is 3. The molecule has 0 N–H and O–H groups in total. The maximum Gasteiger partial charge on any atom is 0.297 e. The van der Waals surface area contributed by atoms with E-state index in [1.54, 1.807) is 12.3 Å². The van der Waals surface area contributed by atoms with E-state index in [-0.39, 0.29) is 5.56 Å². The highest BCUT2D eigenvalue weighted by molar-refractivity contribution is 5.91. The summed E-state index contributed by atoms with van der Waals surface area (Å²) in [5, 5.41) is 14.3. The van der Waals surface area contributed by atoms with E-state index in [1.807, 2.05) is 70.2 Å². The highest BCUT2D eigenvalue weighted by Gasteiger charge is 2.21. The third kappa shape index (κ3) is 2.93. The summed E-state index contributed by atoms with van der Waals surface area (Å²) in [6.07, 6.45) is 5.32. The van der Waals surface area contributed by atoms with Crippen LogP contribution in [-0.4, -0.2) is 29.3 Å². The highest BCUT2D eigenvalue weighted by atomic mass is 16.1. The van der Waals surface area contributed by atoms with Gasteiger partial charge in [0.05, 0.1) is 24.3 Å². The average molecular weight is 382 g/mol. The summed E-state index contributed by atoms with van der Waals surface area (Å²) < 4.78 is 5.08. The Morgan fingerprint density at radius 1 is 0.931 bits per heavy atom. The first-order valence-electron chi connectivity index (χ1n) is 9.31. The fraction of sp³-hybridized carbons (Fsp3) is 0.0909. The average Bonchev–Trinajstić information content (AvgIpc) is 3.39. The van der Waals surface area contributed by atoms with Gasteiger partial charge in [-0.25, -0.2) is 9.36 Å². The predicted octanol–water partition coefficient (Wildman–Crippen LogP) is 3.12. The van der Waals surface area contributed by atoms with Crippen molar-refractivity contribution >= 4 is 10.9 Å². The summed E-state index contributed by atoms with van der Waals surface area (Å²) in [7, 11) is 0. The lowest BCUT2D eigenvalue weighted by molar-refractivity contribution is 0.681. The molecule has 0 amide bonds. The number of hydrogen-bond acceptors (Lipinski definition) is 4. The van der Waals surface area contributed by atoms with Crippen LogP contribution < -0.4 is 5.56 Å². The molecule has 7 nitrogen and oxygen atoms in total. The molecule has 0 aliphatic carbocycles. The number of rotatable bonds is 5. The van der Waals surface area contributed by atoms with E-state index in [1.165, 1.54) is 4.68 Å². The van der Waals surface area contributed by atoms with E-state index in [4.69, 9.17) is 0 Å². The molecule has 0 saturated heterocycles. The molecule has 142 valence electrons. The van der Waals surface area contributed by atoms with Gasteiger partial charge in [0.2, 0.25) is 0 Å². The van der Waals surface area contributed by atoms with Gasteiger partial charge in [-0.05, 0) is 29.8 Å². The molecular formula is C22H18N6O. The molecule has 3 aromatic rings. The van der Waals surface area contributed by atoms with E-state index >= 15 is 0 Å². The van der Waals surface area contributed by atoms with Crippen molar-refractivity contribution in [2.75, 3.05) is 0 Å². The van der Waals surface area contributed by atoms with Crippen molar-refractivity contribution in [3.05, 3.63) is 95.6 Å². The molecule has 2 aromatic carbocycles.